The van der Waals surface area contributed by atoms with Crippen molar-refractivity contribution in [2.45, 2.75) is 126 Å². The summed E-state index contributed by atoms with van der Waals surface area (Å²) in [4.78, 5) is 25.5. The summed E-state index contributed by atoms with van der Waals surface area (Å²) in [5.74, 6) is 9.68. The molecule has 288 valence electrons. The fourth-order valence-electron chi connectivity index (χ4n) is 13.7. The van der Waals surface area contributed by atoms with E-state index < -0.39 is 5.60 Å². The second-order valence-electron chi connectivity index (χ2n) is 20.3. The molecular formula is C50H64O4. The van der Waals surface area contributed by atoms with Crippen LogP contribution in [0.2, 0.25) is 0 Å². The summed E-state index contributed by atoms with van der Waals surface area (Å²) in [6.07, 6.45) is 13.2. The van der Waals surface area contributed by atoms with Gasteiger partial charge in [-0.15, -0.1) is 0 Å². The molecule has 0 heterocycles. The number of hydrogen-bond acceptors (Lipinski definition) is 4. The molecule has 0 aromatic heterocycles. The van der Waals surface area contributed by atoms with E-state index in [0.717, 1.165) is 31.2 Å². The predicted octanol–water partition coefficient (Wildman–Crippen LogP) is 12.1. The molecule has 0 unspecified atom stereocenters. The average molecular weight is 729 g/mol. The maximum atomic E-state index is 12.8. The Hall–Kier alpha value is -3.58. The fourth-order valence-corrected chi connectivity index (χ4v) is 13.7. The monoisotopic (exact) mass is 728 g/mol. The largest absolute Gasteiger partial charge is 0.465 e. The van der Waals surface area contributed by atoms with Crippen LogP contribution in [0.5, 0.6) is 0 Å². The van der Waals surface area contributed by atoms with Crippen molar-refractivity contribution in [2.24, 2.45) is 56.7 Å². The number of esters is 2. The number of benzene rings is 2. The van der Waals surface area contributed by atoms with Crippen molar-refractivity contribution in [3.8, 4) is 11.8 Å². The van der Waals surface area contributed by atoms with Crippen molar-refractivity contribution in [3.05, 3.63) is 89.0 Å². The van der Waals surface area contributed by atoms with Crippen LogP contribution in [0.4, 0.5) is 0 Å². The molecular weight excluding hydrogens is 665 g/mol. The van der Waals surface area contributed by atoms with Crippen molar-refractivity contribution < 1.29 is 19.1 Å². The van der Waals surface area contributed by atoms with E-state index in [1.807, 2.05) is 57.2 Å². The Kier molecular flexibility index (Phi) is 9.51. The molecule has 2 aromatic carbocycles. The number of fused-ring (bicyclic) bond motifs is 7. The van der Waals surface area contributed by atoms with Crippen LogP contribution in [0.3, 0.4) is 0 Å². The summed E-state index contributed by atoms with van der Waals surface area (Å²) in [6.45, 7) is 25.6. The first-order valence-electron chi connectivity index (χ1n) is 20.7. The van der Waals surface area contributed by atoms with Crippen LogP contribution in [0.1, 0.15) is 152 Å². The molecule has 0 bridgehead atoms. The van der Waals surface area contributed by atoms with E-state index in [4.69, 9.17) is 9.47 Å². The van der Waals surface area contributed by atoms with Gasteiger partial charge < -0.3 is 9.47 Å². The lowest BCUT2D eigenvalue weighted by molar-refractivity contribution is -0.220. The molecule has 0 aliphatic heterocycles. The second kappa shape index (κ2) is 13.3. The molecule has 4 fully saturated rings. The van der Waals surface area contributed by atoms with Crippen molar-refractivity contribution in [1.82, 2.24) is 0 Å². The van der Waals surface area contributed by atoms with E-state index in [0.29, 0.717) is 40.7 Å². The minimum atomic E-state index is -0.516. The van der Waals surface area contributed by atoms with Gasteiger partial charge in [0.15, 0.2) is 0 Å². The molecule has 4 nitrogen and oxygen atoms in total. The molecule has 5 aliphatic carbocycles. The number of allylic oxidation sites excluding steroid dienone is 3. The van der Waals surface area contributed by atoms with Crippen LogP contribution in [0.15, 0.2) is 66.8 Å². The van der Waals surface area contributed by atoms with Gasteiger partial charge in [-0.3, -0.25) is 0 Å². The maximum Gasteiger partial charge on any atom is 0.339 e. The van der Waals surface area contributed by atoms with Gasteiger partial charge in [0.05, 0.1) is 18.2 Å². The Labute approximate surface area is 325 Å². The summed E-state index contributed by atoms with van der Waals surface area (Å²) >= 11 is 0. The Morgan fingerprint density at radius 1 is 0.815 bits per heavy atom. The molecule has 54 heavy (non-hydrogen) atoms. The lowest BCUT2D eigenvalue weighted by Crippen LogP contribution is -2.65. The molecule has 2 aromatic rings. The lowest BCUT2D eigenvalue weighted by atomic mass is 9.32. The van der Waals surface area contributed by atoms with E-state index in [2.05, 4.69) is 78.2 Å². The van der Waals surface area contributed by atoms with Gasteiger partial charge in [0.1, 0.15) is 5.60 Å². The first-order chi connectivity index (χ1) is 25.3. The van der Waals surface area contributed by atoms with Gasteiger partial charge in [-0.1, -0.05) is 89.0 Å². The average Bonchev–Trinajstić information content (AvgIpc) is 3.50. The second-order valence-corrected chi connectivity index (χ2v) is 20.3. The van der Waals surface area contributed by atoms with Crippen LogP contribution in [-0.4, -0.2) is 24.6 Å². The molecule has 0 N–H and O–H groups in total. The molecule has 4 heteroatoms. The number of hydrogen-bond donors (Lipinski definition) is 0. The standard InChI is InChI=1S/C50H64O4/c1-32(2)36-23-29-50(28-22-33-14-12-13-15-37(33)44(52)53-11)31-30-48(9)39(42(36)50)20-21-41-47(8)26-24-38(46(6,7)40(47)25-27-49(41,48)10)34-16-18-35(19-17-34)43(51)54-45(3,4)5/h12-19,24,36,39-42H,1,20-21,23,25-27,29-31H2,2-11H3/t36-,39+,40-,41+,42+,47-,48+,49+,50+/m0/s1. The van der Waals surface area contributed by atoms with Crippen LogP contribution >= 0.6 is 0 Å². The van der Waals surface area contributed by atoms with E-state index in [1.54, 1.807) is 0 Å². The van der Waals surface area contributed by atoms with E-state index >= 15 is 0 Å². The minimum absolute atomic E-state index is 0.00776. The molecule has 9 atom stereocenters. The van der Waals surface area contributed by atoms with Crippen LogP contribution < -0.4 is 0 Å². The zero-order valence-electron chi connectivity index (χ0n) is 34.8. The number of carbonyl (C=O) groups excluding carboxylic acids is 2. The minimum Gasteiger partial charge on any atom is -0.465 e. The van der Waals surface area contributed by atoms with E-state index in [1.165, 1.54) is 55.9 Å². The fraction of sp³-hybridized carbons (Fsp3) is 0.600. The zero-order chi connectivity index (χ0) is 39.1. The number of methoxy groups -OCH3 is 1. The molecule has 5 aliphatic rings. The third-order valence-electron chi connectivity index (χ3n) is 16.3. The lowest BCUT2D eigenvalue weighted by Gasteiger charge is -2.72. The molecule has 4 saturated carbocycles. The highest BCUT2D eigenvalue weighted by Gasteiger charge is 2.70. The number of ether oxygens (including phenoxy) is 2. The highest BCUT2D eigenvalue weighted by atomic mass is 16.6. The Bertz CT molecular complexity index is 1930. The molecule has 0 amide bonds. The smallest absolute Gasteiger partial charge is 0.339 e. The summed E-state index contributed by atoms with van der Waals surface area (Å²) < 4.78 is 10.8. The quantitative estimate of drug-likeness (QED) is 0.179. The maximum absolute atomic E-state index is 12.8. The number of carbonyl (C=O) groups is 2. The normalized spacial score (nSPS) is 36.5. The van der Waals surface area contributed by atoms with Gasteiger partial charge >= 0.3 is 11.9 Å². The summed E-state index contributed by atoms with van der Waals surface area (Å²) in [7, 11) is 1.44. The predicted molar refractivity (Wildman–Crippen MR) is 219 cm³/mol. The number of rotatable bonds is 4. The van der Waals surface area contributed by atoms with Crippen LogP contribution in [0.25, 0.3) is 5.57 Å². The molecule has 7 rings (SSSR count). The van der Waals surface area contributed by atoms with Gasteiger partial charge in [0, 0.05) is 11.0 Å². The highest BCUT2D eigenvalue weighted by Crippen LogP contribution is 2.77. The highest BCUT2D eigenvalue weighted by molar-refractivity contribution is 5.92. The van der Waals surface area contributed by atoms with Gasteiger partial charge in [-0.2, -0.15) is 0 Å². The van der Waals surface area contributed by atoms with Crippen molar-refractivity contribution >= 4 is 17.5 Å². The zero-order valence-corrected chi connectivity index (χ0v) is 34.8. The van der Waals surface area contributed by atoms with Gasteiger partial charge in [-0.05, 0) is 172 Å². The Morgan fingerprint density at radius 2 is 1.52 bits per heavy atom. The van der Waals surface area contributed by atoms with Crippen molar-refractivity contribution in [3.63, 3.8) is 0 Å². The van der Waals surface area contributed by atoms with E-state index in [-0.39, 0.29) is 39.0 Å². The van der Waals surface area contributed by atoms with Crippen LogP contribution in [-0.2, 0) is 9.47 Å². The van der Waals surface area contributed by atoms with E-state index in [9.17, 15) is 9.59 Å². The topological polar surface area (TPSA) is 52.6 Å². The summed E-state index contributed by atoms with van der Waals surface area (Å²) in [5.41, 5.74) is 5.99. The summed E-state index contributed by atoms with van der Waals surface area (Å²) in [5, 5.41) is 0. The molecule has 0 radical (unpaired) electrons. The van der Waals surface area contributed by atoms with Crippen LogP contribution in [0, 0.1) is 68.5 Å². The Morgan fingerprint density at radius 3 is 2.19 bits per heavy atom. The molecule has 0 saturated heterocycles. The van der Waals surface area contributed by atoms with Gasteiger partial charge in [-0.25, -0.2) is 9.59 Å². The van der Waals surface area contributed by atoms with Crippen molar-refractivity contribution in [2.75, 3.05) is 7.11 Å². The first-order valence-corrected chi connectivity index (χ1v) is 20.7. The van der Waals surface area contributed by atoms with Gasteiger partial charge in [0.2, 0.25) is 0 Å². The SMILES string of the molecule is C=C(C)[C@@H]1CC[C@]2(C#Cc3ccccc3C(=O)OC)CC[C@]3(C)[C@H](CC[C@@H]4[C@@]5(C)CC=C(c6ccc(C(=O)OC(C)(C)C)cc6)C(C)(C)[C@@H]5CC[C@]43C)[C@@H]12. The van der Waals surface area contributed by atoms with Crippen molar-refractivity contribution in [1.29, 1.82) is 0 Å². The molecule has 0 spiro atoms. The Balaban J connectivity index is 1.20. The third-order valence-corrected chi connectivity index (χ3v) is 16.3. The summed E-state index contributed by atoms with van der Waals surface area (Å²) in [6, 6.07) is 15.8. The third kappa shape index (κ3) is 5.94. The van der Waals surface area contributed by atoms with Gasteiger partial charge in [0.25, 0.3) is 0 Å². The first kappa shape index (κ1) is 38.7.